The molecule has 156 valence electrons. The van der Waals surface area contributed by atoms with Crippen LogP contribution in [0.2, 0.25) is 0 Å². The van der Waals surface area contributed by atoms with Gasteiger partial charge in [0.05, 0.1) is 5.00 Å². The Morgan fingerprint density at radius 3 is 2.72 bits per heavy atom. The van der Waals surface area contributed by atoms with Gasteiger partial charge in [-0.1, -0.05) is 19.1 Å². The van der Waals surface area contributed by atoms with Crippen LogP contribution >= 0.6 is 11.3 Å². The van der Waals surface area contributed by atoms with Crippen molar-refractivity contribution in [2.75, 3.05) is 31.6 Å². The minimum absolute atomic E-state index is 0.0197. The molecule has 3 N–H and O–H groups in total. The van der Waals surface area contributed by atoms with Gasteiger partial charge in [0.1, 0.15) is 0 Å². The highest BCUT2D eigenvalue weighted by molar-refractivity contribution is 7.14. The maximum Gasteiger partial charge on any atom is 0.251 e. The average Bonchev–Trinajstić information content (AvgIpc) is 3.30. The fraction of sp³-hybridized carbons (Fsp3) is 0.455. The normalized spacial score (nSPS) is 15.2. The molecular weight excluding hydrogens is 382 g/mol. The molecule has 1 aromatic heterocycles. The van der Waals surface area contributed by atoms with Gasteiger partial charge in [-0.25, -0.2) is 0 Å². The molecule has 0 unspecified atom stereocenters. The Labute approximate surface area is 177 Å². The Bertz CT molecular complexity index is 797. The molecule has 1 fully saturated rings. The number of benzene rings is 1. The van der Waals surface area contributed by atoms with E-state index in [1.807, 2.05) is 31.2 Å². The maximum absolute atomic E-state index is 12.2. The summed E-state index contributed by atoms with van der Waals surface area (Å²) < 4.78 is 0. The van der Waals surface area contributed by atoms with Crippen molar-refractivity contribution in [3.63, 3.8) is 0 Å². The second kappa shape index (κ2) is 10.9. The zero-order valence-corrected chi connectivity index (χ0v) is 18.1. The quantitative estimate of drug-likeness (QED) is 0.482. The SMILES string of the molecule is CCCNC(=O)c1cccc(CNC(=NC)NC2CCN(c3cccs3)CC2)c1. The van der Waals surface area contributed by atoms with E-state index in [9.17, 15) is 4.79 Å². The predicted molar refractivity (Wildman–Crippen MR) is 122 cm³/mol. The highest BCUT2D eigenvalue weighted by Gasteiger charge is 2.20. The Kier molecular flexibility index (Phi) is 7.93. The van der Waals surface area contributed by atoms with Gasteiger partial charge in [0.15, 0.2) is 5.96 Å². The number of hydrogen-bond acceptors (Lipinski definition) is 4. The molecule has 0 bridgehead atoms. The molecule has 0 atom stereocenters. The Hall–Kier alpha value is -2.54. The van der Waals surface area contributed by atoms with Crippen LogP contribution in [0.1, 0.15) is 42.1 Å². The van der Waals surface area contributed by atoms with Gasteiger partial charge in [-0.2, -0.15) is 0 Å². The molecule has 0 spiro atoms. The van der Waals surface area contributed by atoms with Crippen molar-refractivity contribution in [3.8, 4) is 0 Å². The van der Waals surface area contributed by atoms with E-state index in [-0.39, 0.29) is 5.91 Å². The van der Waals surface area contributed by atoms with E-state index in [0.29, 0.717) is 24.7 Å². The summed E-state index contributed by atoms with van der Waals surface area (Å²) in [5.41, 5.74) is 1.76. The summed E-state index contributed by atoms with van der Waals surface area (Å²) in [5.74, 6) is 0.786. The molecule has 6 nitrogen and oxygen atoms in total. The molecule has 0 saturated carbocycles. The highest BCUT2D eigenvalue weighted by Crippen LogP contribution is 2.24. The first-order chi connectivity index (χ1) is 14.2. The Morgan fingerprint density at radius 1 is 1.21 bits per heavy atom. The second-order valence-corrected chi connectivity index (χ2v) is 8.17. The minimum atomic E-state index is -0.0197. The van der Waals surface area contributed by atoms with E-state index in [2.05, 4.69) is 43.4 Å². The number of rotatable bonds is 7. The number of guanidine groups is 1. The van der Waals surface area contributed by atoms with Crippen LogP contribution in [-0.4, -0.2) is 44.6 Å². The summed E-state index contributed by atoms with van der Waals surface area (Å²) >= 11 is 1.80. The zero-order chi connectivity index (χ0) is 20.5. The van der Waals surface area contributed by atoms with Crippen molar-refractivity contribution >= 4 is 28.2 Å². The minimum Gasteiger partial charge on any atom is -0.363 e. The molecule has 7 heteroatoms. The molecule has 2 aromatic rings. The average molecular weight is 414 g/mol. The van der Waals surface area contributed by atoms with Crippen LogP contribution < -0.4 is 20.9 Å². The maximum atomic E-state index is 12.2. The lowest BCUT2D eigenvalue weighted by Gasteiger charge is -2.33. The molecule has 0 aliphatic carbocycles. The van der Waals surface area contributed by atoms with Crippen molar-refractivity contribution in [1.82, 2.24) is 16.0 Å². The van der Waals surface area contributed by atoms with Crippen molar-refractivity contribution in [2.24, 2.45) is 4.99 Å². The van der Waals surface area contributed by atoms with Crippen LogP contribution in [0.25, 0.3) is 0 Å². The number of amides is 1. The van der Waals surface area contributed by atoms with Gasteiger partial charge in [-0.3, -0.25) is 9.79 Å². The molecule has 1 amide bonds. The standard InChI is InChI=1S/C22H31N5OS/c1-3-11-24-21(28)18-7-4-6-17(15-18)16-25-22(23-2)26-19-9-12-27(13-10-19)20-8-5-14-29-20/h4-8,14-15,19H,3,9-13,16H2,1-2H3,(H,24,28)(H2,23,25,26). The van der Waals surface area contributed by atoms with Crippen molar-refractivity contribution in [3.05, 3.63) is 52.9 Å². The molecule has 1 aliphatic heterocycles. The second-order valence-electron chi connectivity index (χ2n) is 7.24. The molecular formula is C22H31N5OS. The van der Waals surface area contributed by atoms with Gasteiger partial charge < -0.3 is 20.9 Å². The number of anilines is 1. The summed E-state index contributed by atoms with van der Waals surface area (Å²) in [7, 11) is 1.80. The lowest BCUT2D eigenvalue weighted by atomic mass is 10.1. The third-order valence-electron chi connectivity index (χ3n) is 5.06. The fourth-order valence-electron chi connectivity index (χ4n) is 3.43. The van der Waals surface area contributed by atoms with E-state index < -0.39 is 0 Å². The number of carbonyl (C=O) groups is 1. The largest absolute Gasteiger partial charge is 0.363 e. The molecule has 2 heterocycles. The summed E-state index contributed by atoms with van der Waals surface area (Å²) in [4.78, 5) is 19.0. The van der Waals surface area contributed by atoms with Gasteiger partial charge in [-0.05, 0) is 54.5 Å². The molecule has 29 heavy (non-hydrogen) atoms. The first-order valence-corrected chi connectivity index (χ1v) is 11.2. The number of hydrogen-bond donors (Lipinski definition) is 3. The first kappa shape index (κ1) is 21.2. The van der Waals surface area contributed by atoms with Crippen LogP contribution in [-0.2, 0) is 6.54 Å². The van der Waals surface area contributed by atoms with E-state index in [0.717, 1.165) is 43.9 Å². The van der Waals surface area contributed by atoms with Gasteiger partial charge >= 0.3 is 0 Å². The molecule has 0 radical (unpaired) electrons. The molecule has 1 aromatic carbocycles. The summed E-state index contributed by atoms with van der Waals surface area (Å²) in [6.45, 7) is 5.49. The van der Waals surface area contributed by atoms with Crippen LogP contribution in [0, 0.1) is 0 Å². The summed E-state index contributed by atoms with van der Waals surface area (Å²) in [6.07, 6.45) is 3.11. The third kappa shape index (κ3) is 6.22. The lowest BCUT2D eigenvalue weighted by molar-refractivity contribution is 0.0953. The van der Waals surface area contributed by atoms with Crippen LogP contribution in [0.4, 0.5) is 5.00 Å². The third-order valence-corrected chi connectivity index (χ3v) is 5.99. The number of piperidine rings is 1. The number of aliphatic imine (C=N–C) groups is 1. The number of nitrogens with one attached hydrogen (secondary N) is 3. The van der Waals surface area contributed by atoms with Crippen LogP contribution in [0.15, 0.2) is 46.8 Å². The van der Waals surface area contributed by atoms with Crippen LogP contribution in [0.5, 0.6) is 0 Å². The highest BCUT2D eigenvalue weighted by atomic mass is 32.1. The van der Waals surface area contributed by atoms with Gasteiger partial charge in [-0.15, -0.1) is 11.3 Å². The van der Waals surface area contributed by atoms with E-state index in [1.54, 1.807) is 18.4 Å². The first-order valence-electron chi connectivity index (χ1n) is 10.3. The van der Waals surface area contributed by atoms with Crippen molar-refractivity contribution < 1.29 is 4.79 Å². The summed E-state index contributed by atoms with van der Waals surface area (Å²) in [5, 5.41) is 13.3. The fourth-order valence-corrected chi connectivity index (χ4v) is 4.22. The van der Waals surface area contributed by atoms with Gasteiger partial charge in [0, 0.05) is 44.8 Å². The number of thiophene rings is 1. The smallest absolute Gasteiger partial charge is 0.251 e. The topological polar surface area (TPSA) is 68.8 Å². The Balaban J connectivity index is 1.47. The predicted octanol–water partition coefficient (Wildman–Crippen LogP) is 3.22. The van der Waals surface area contributed by atoms with E-state index >= 15 is 0 Å². The number of carbonyl (C=O) groups excluding carboxylic acids is 1. The Morgan fingerprint density at radius 2 is 2.03 bits per heavy atom. The van der Waals surface area contributed by atoms with Gasteiger partial charge in [0.25, 0.3) is 5.91 Å². The zero-order valence-electron chi connectivity index (χ0n) is 17.3. The monoisotopic (exact) mass is 413 g/mol. The molecule has 3 rings (SSSR count). The summed E-state index contributed by atoms with van der Waals surface area (Å²) in [6, 6.07) is 12.5. The van der Waals surface area contributed by atoms with E-state index in [1.165, 1.54) is 5.00 Å². The van der Waals surface area contributed by atoms with E-state index in [4.69, 9.17) is 0 Å². The molecule has 1 aliphatic rings. The molecule has 1 saturated heterocycles. The van der Waals surface area contributed by atoms with Crippen molar-refractivity contribution in [1.29, 1.82) is 0 Å². The number of nitrogens with zero attached hydrogens (tertiary/aromatic N) is 2. The van der Waals surface area contributed by atoms with Crippen molar-refractivity contribution in [2.45, 2.75) is 38.8 Å². The van der Waals surface area contributed by atoms with Gasteiger partial charge in [0.2, 0.25) is 0 Å². The lowest BCUT2D eigenvalue weighted by Crippen LogP contribution is -2.48. The van der Waals surface area contributed by atoms with Crippen LogP contribution in [0.3, 0.4) is 0 Å².